The van der Waals surface area contributed by atoms with Gasteiger partial charge >= 0.3 is 7.82 Å². The number of nitrogens with one attached hydrogen (secondary N) is 2. The summed E-state index contributed by atoms with van der Waals surface area (Å²) in [5.41, 5.74) is 0. The van der Waals surface area contributed by atoms with Gasteiger partial charge in [-0.2, -0.15) is 0 Å². The van der Waals surface area contributed by atoms with Gasteiger partial charge in [0.1, 0.15) is 48.4 Å². The molecule has 0 aromatic heterocycles. The van der Waals surface area contributed by atoms with Crippen molar-refractivity contribution >= 4 is 25.4 Å². The van der Waals surface area contributed by atoms with Gasteiger partial charge in [0, 0.05) is 32.7 Å². The van der Waals surface area contributed by atoms with E-state index < -0.39 is 94.1 Å². The lowest BCUT2D eigenvalue weighted by atomic mass is 9.94. The van der Waals surface area contributed by atoms with Crippen molar-refractivity contribution in [3.8, 4) is 0 Å². The minimum Gasteiger partial charge on any atom is -0.396 e. The molecule has 2 aliphatic rings. The molecular weight excluding hydrogens is 1100 g/mol. The number of unbranched alkanes of at least 4 members (excludes halogenated alkanes) is 33. The van der Waals surface area contributed by atoms with Crippen LogP contribution in [0.3, 0.4) is 0 Å². The van der Waals surface area contributed by atoms with E-state index in [1.165, 1.54) is 96.3 Å². The van der Waals surface area contributed by atoms with Crippen molar-refractivity contribution in [3.05, 3.63) is 0 Å². The first kappa shape index (κ1) is 78.5. The van der Waals surface area contributed by atoms with E-state index in [9.17, 15) is 49.2 Å². The number of hydrogen-bond donors (Lipinski definition) is 8. The van der Waals surface area contributed by atoms with Crippen molar-refractivity contribution in [3.63, 3.8) is 0 Å². The molecule has 0 aliphatic carbocycles. The van der Waals surface area contributed by atoms with E-state index in [1.54, 1.807) is 0 Å². The van der Waals surface area contributed by atoms with Gasteiger partial charge in [-0.15, -0.1) is 0 Å². The number of phosphoric ester groups is 1. The highest BCUT2D eigenvalue weighted by Crippen LogP contribution is 2.41. The summed E-state index contributed by atoms with van der Waals surface area (Å²) in [6.45, 7) is 8.00. The molecule has 496 valence electrons. The fraction of sp³-hybridized carbons (Fsp3) is 0.954. The van der Waals surface area contributed by atoms with Crippen LogP contribution < -0.4 is 10.6 Å². The monoisotopic (exact) mass is 1220 g/mol. The summed E-state index contributed by atoms with van der Waals surface area (Å²) in [5, 5.41) is 50.6. The summed E-state index contributed by atoms with van der Waals surface area (Å²) in [4.78, 5) is 61.0. The maximum absolute atomic E-state index is 13.9. The van der Waals surface area contributed by atoms with Gasteiger partial charge in [0.15, 0.2) is 12.6 Å². The zero-order valence-corrected chi connectivity index (χ0v) is 54.2. The average molecular weight is 1220 g/mol. The highest BCUT2D eigenvalue weighted by atomic mass is 31.2. The Hall–Kier alpha value is -1.64. The number of ether oxygens (including phenoxy) is 5. The number of carbonyl (C=O) groups is 3. The summed E-state index contributed by atoms with van der Waals surface area (Å²) in [7, 11) is -5.34. The van der Waals surface area contributed by atoms with Gasteiger partial charge in [-0.25, -0.2) is 4.57 Å². The molecule has 1 unspecified atom stereocenters. The third-order valence-corrected chi connectivity index (χ3v) is 17.2. The van der Waals surface area contributed by atoms with E-state index in [0.717, 1.165) is 122 Å². The van der Waals surface area contributed by atoms with Gasteiger partial charge in [0.25, 0.3) is 0 Å². The van der Waals surface area contributed by atoms with E-state index in [1.807, 2.05) is 0 Å². The Labute approximate surface area is 509 Å². The fourth-order valence-corrected chi connectivity index (χ4v) is 12.0. The van der Waals surface area contributed by atoms with Crippen molar-refractivity contribution in [2.24, 2.45) is 0 Å². The molecule has 18 nitrogen and oxygen atoms in total. The second-order valence-corrected chi connectivity index (χ2v) is 25.7. The van der Waals surface area contributed by atoms with Crippen LogP contribution in [0.2, 0.25) is 0 Å². The van der Waals surface area contributed by atoms with E-state index in [0.29, 0.717) is 25.7 Å². The molecule has 84 heavy (non-hydrogen) atoms. The number of phosphoric acid groups is 1. The Morgan fingerprint density at radius 1 is 0.476 bits per heavy atom. The predicted octanol–water partition coefficient (Wildman–Crippen LogP) is 12.8. The van der Waals surface area contributed by atoms with Crippen LogP contribution in [0.4, 0.5) is 0 Å². The molecule has 0 spiro atoms. The maximum Gasteiger partial charge on any atom is 0.472 e. The quantitative estimate of drug-likeness (QED) is 0.0160. The van der Waals surface area contributed by atoms with Gasteiger partial charge in [-0.1, -0.05) is 246 Å². The molecule has 0 aromatic rings. The van der Waals surface area contributed by atoms with Gasteiger partial charge in [-0.05, 0) is 38.5 Å². The topological polar surface area (TPSA) is 269 Å². The van der Waals surface area contributed by atoms with Crippen LogP contribution >= 0.6 is 7.82 Å². The van der Waals surface area contributed by atoms with Crippen LogP contribution in [-0.4, -0.2) is 142 Å². The molecule has 19 heteroatoms. The first-order valence-corrected chi connectivity index (χ1v) is 35.9. The molecule has 2 aliphatic heterocycles. The third kappa shape index (κ3) is 38.0. The third-order valence-electron chi connectivity index (χ3n) is 16.7. The lowest BCUT2D eigenvalue weighted by molar-refractivity contribution is -0.300. The zero-order valence-electron chi connectivity index (χ0n) is 53.3. The Morgan fingerprint density at radius 3 is 1.35 bits per heavy atom. The molecule has 0 aromatic carbocycles. The molecule has 2 fully saturated rings. The van der Waals surface area contributed by atoms with Crippen LogP contribution in [-0.2, 0) is 47.2 Å². The Morgan fingerprint density at radius 2 is 0.869 bits per heavy atom. The smallest absolute Gasteiger partial charge is 0.396 e. The van der Waals surface area contributed by atoms with Crippen molar-refractivity contribution in [1.29, 1.82) is 0 Å². The van der Waals surface area contributed by atoms with Crippen molar-refractivity contribution in [2.45, 2.75) is 371 Å². The van der Waals surface area contributed by atoms with Crippen molar-refractivity contribution in [2.75, 3.05) is 26.4 Å². The Balaban J connectivity index is 2.29. The van der Waals surface area contributed by atoms with E-state index in [2.05, 4.69) is 38.3 Å². The van der Waals surface area contributed by atoms with Crippen LogP contribution in [0.15, 0.2) is 0 Å². The highest BCUT2D eigenvalue weighted by Gasteiger charge is 2.51. The molecule has 2 rings (SSSR count). The zero-order chi connectivity index (χ0) is 61.5. The van der Waals surface area contributed by atoms with Gasteiger partial charge in [-0.3, -0.25) is 18.9 Å². The molecular formula is C65H125N2O16P. The number of rotatable bonds is 57. The summed E-state index contributed by atoms with van der Waals surface area (Å²) in [6, 6.07) is -2.61. The summed E-state index contributed by atoms with van der Waals surface area (Å²) < 4.78 is 49.3. The molecule has 0 saturated carbocycles. The Kier molecular flexibility index (Phi) is 47.8. The summed E-state index contributed by atoms with van der Waals surface area (Å²) in [6.07, 6.45) is 29.4. The van der Waals surface area contributed by atoms with E-state index in [-0.39, 0.29) is 57.2 Å². The normalized spacial score (nSPS) is 23.2. The molecule has 11 atom stereocenters. The summed E-state index contributed by atoms with van der Waals surface area (Å²) >= 11 is 0. The van der Waals surface area contributed by atoms with Gasteiger partial charge in [0.2, 0.25) is 11.8 Å². The summed E-state index contributed by atoms with van der Waals surface area (Å²) in [5.74, 6) is -1.37. The number of Topliss-reactive ketones (excluding diaryl/α,β-unsaturated/α-hetero) is 1. The molecule has 2 heterocycles. The highest BCUT2D eigenvalue weighted by molar-refractivity contribution is 7.46. The average Bonchev–Trinajstić information content (AvgIpc) is 2.85. The van der Waals surface area contributed by atoms with Crippen LogP contribution in [0.1, 0.15) is 304 Å². The molecule has 8 N–H and O–H groups in total. The number of hydrogen-bond acceptors (Lipinski definition) is 14. The van der Waals surface area contributed by atoms with Crippen LogP contribution in [0.25, 0.3) is 0 Å². The van der Waals surface area contributed by atoms with Gasteiger partial charge < -0.3 is 64.5 Å². The number of aliphatic hydroxyl groups is 4. The van der Waals surface area contributed by atoms with E-state index in [4.69, 9.17) is 28.2 Å². The molecule has 2 amide bonds. The second-order valence-electron chi connectivity index (χ2n) is 24.5. The van der Waals surface area contributed by atoms with Crippen LogP contribution in [0.5, 0.6) is 0 Å². The Bertz CT molecular complexity index is 1650. The standard InChI is InChI=1S/C65H125N2O16P/c1-5-9-13-17-20-23-24-25-26-27-28-30-32-36-40-44-56(71)66-58-62(79-49-46-52(69)42-38-34-16-12-8-4)60(73)54(45-47-68)81-64(58)80-51-55-61(74)63(78-48-41-37-33-22-19-15-11-7-3)59(65(82-55)83-84(75,76)77)67-57(72)50-53(70)43-39-35-31-29-21-18-14-10-6-2/h52,54-55,58-65,68-69,73-74H,5-51H2,1-4H3,(H,66,71)(H,67,72)(H2,75,76,77)/t52?,54-,55-,58-,59-,60-,61-,62-,63-,64-,65-/m1/s1. The predicted molar refractivity (Wildman–Crippen MR) is 331 cm³/mol. The maximum atomic E-state index is 13.9. The number of carbonyl (C=O) groups excluding carboxylic acids is 3. The lowest BCUT2D eigenvalue weighted by Gasteiger charge is -2.47. The van der Waals surface area contributed by atoms with Gasteiger partial charge in [0.05, 0.1) is 25.2 Å². The largest absolute Gasteiger partial charge is 0.472 e. The number of amides is 2. The van der Waals surface area contributed by atoms with Crippen molar-refractivity contribution < 1.29 is 77.4 Å². The number of aliphatic hydroxyl groups excluding tert-OH is 4. The lowest BCUT2D eigenvalue weighted by Crippen LogP contribution is -2.67. The molecule has 2 saturated heterocycles. The second kappa shape index (κ2) is 51.1. The minimum absolute atomic E-state index is 0.0282. The first-order chi connectivity index (χ1) is 40.7. The first-order valence-electron chi connectivity index (χ1n) is 34.3. The van der Waals surface area contributed by atoms with E-state index >= 15 is 0 Å². The molecule has 0 radical (unpaired) electrons. The van der Waals surface area contributed by atoms with Crippen LogP contribution in [0, 0.1) is 0 Å². The fourth-order valence-electron chi connectivity index (χ4n) is 11.6. The SMILES string of the molecule is CCCCCCCCCCCCCCCCCC(=O)N[C@H]1[C@H](OC[C@H]2O[C@H](OP(=O)(O)O)[C@H](NC(=O)CC(=O)CCCCCCCCCCC)[C@@H](OCCCCCCCCCC)[C@@H]2O)O[C@H](CCO)[C@@H](O)[C@@H]1OCCC(O)CCCCCCC. The number of ketones is 1. The minimum atomic E-state index is -5.34. The van der Waals surface area contributed by atoms with Crippen molar-refractivity contribution in [1.82, 2.24) is 10.6 Å². The molecule has 0 bridgehead atoms.